The maximum Gasteiger partial charge on any atom is 0.311 e. The Hall–Kier alpha value is -3.10. The summed E-state index contributed by atoms with van der Waals surface area (Å²) < 4.78 is 14.5. The van der Waals surface area contributed by atoms with Crippen LogP contribution in [-0.4, -0.2) is 42.0 Å². The molecule has 0 amide bonds. The van der Waals surface area contributed by atoms with Gasteiger partial charge in [-0.25, -0.2) is 24.3 Å². The van der Waals surface area contributed by atoms with E-state index in [4.69, 9.17) is 0 Å². The van der Waals surface area contributed by atoms with Crippen LogP contribution in [0.25, 0.3) is 22.4 Å². The summed E-state index contributed by atoms with van der Waals surface area (Å²) in [5.41, 5.74) is 0.364. The van der Waals surface area contributed by atoms with E-state index in [0.717, 1.165) is 24.4 Å². The lowest BCUT2D eigenvalue weighted by molar-refractivity contribution is -0.152. The monoisotopic (exact) mass is 384 g/mol. The highest BCUT2D eigenvalue weighted by Gasteiger charge is 2.46. The van der Waals surface area contributed by atoms with Crippen LogP contribution in [0.15, 0.2) is 24.9 Å². The largest absolute Gasteiger partial charge is 0.481 e. The van der Waals surface area contributed by atoms with E-state index in [-0.39, 0.29) is 5.82 Å². The van der Waals surface area contributed by atoms with Gasteiger partial charge in [-0.3, -0.25) is 4.79 Å². The first-order valence-corrected chi connectivity index (χ1v) is 9.35. The van der Waals surface area contributed by atoms with Gasteiger partial charge in [0.15, 0.2) is 17.5 Å². The number of nitrogens with one attached hydrogen (secondary N) is 2. The molecule has 146 valence electrons. The van der Waals surface area contributed by atoms with Crippen molar-refractivity contribution in [2.75, 3.05) is 5.32 Å². The number of aliphatic carboxylic acids is 1. The van der Waals surface area contributed by atoms with E-state index in [0.29, 0.717) is 36.3 Å². The first-order chi connectivity index (χ1) is 13.5. The van der Waals surface area contributed by atoms with Gasteiger partial charge in [0, 0.05) is 29.4 Å². The molecule has 0 aliphatic heterocycles. The molecule has 3 aromatic heterocycles. The van der Waals surface area contributed by atoms with Crippen molar-refractivity contribution in [1.29, 1.82) is 0 Å². The molecule has 0 saturated heterocycles. The van der Waals surface area contributed by atoms with Gasteiger partial charge >= 0.3 is 5.97 Å². The Morgan fingerprint density at radius 3 is 3.04 bits per heavy atom. The van der Waals surface area contributed by atoms with Gasteiger partial charge in [-0.2, -0.15) is 0 Å². The van der Waals surface area contributed by atoms with Crippen LogP contribution < -0.4 is 5.32 Å². The highest BCUT2D eigenvalue weighted by molar-refractivity contribution is 5.90. The molecule has 8 nitrogen and oxygen atoms in total. The van der Waals surface area contributed by atoms with Gasteiger partial charge in [0.1, 0.15) is 12.0 Å². The summed E-state index contributed by atoms with van der Waals surface area (Å²) in [6.45, 7) is 1.86. The Morgan fingerprint density at radius 1 is 1.39 bits per heavy atom. The topological polar surface area (TPSA) is 117 Å². The molecule has 0 bridgehead atoms. The van der Waals surface area contributed by atoms with Crippen molar-refractivity contribution in [3.05, 3.63) is 30.7 Å². The molecule has 2 atom stereocenters. The molecule has 1 fully saturated rings. The van der Waals surface area contributed by atoms with E-state index in [1.165, 1.54) is 6.33 Å². The molecule has 4 rings (SSSR count). The number of hydrogen-bond acceptors (Lipinski definition) is 6. The summed E-state index contributed by atoms with van der Waals surface area (Å²) in [7, 11) is 0. The smallest absolute Gasteiger partial charge is 0.311 e. The number of hydrogen-bond donors (Lipinski definition) is 3. The summed E-state index contributed by atoms with van der Waals surface area (Å²) in [4.78, 5) is 31.6. The van der Waals surface area contributed by atoms with Crippen molar-refractivity contribution in [2.24, 2.45) is 5.41 Å². The number of anilines is 1. The van der Waals surface area contributed by atoms with Crippen LogP contribution in [0, 0.1) is 11.2 Å². The quantitative estimate of drug-likeness (QED) is 0.617. The fraction of sp³-hybridized carbons (Fsp3) is 0.421. The summed E-state index contributed by atoms with van der Waals surface area (Å²) in [6, 6.07) is -0.396. The number of fused-ring (bicyclic) bond motifs is 1. The van der Waals surface area contributed by atoms with Crippen molar-refractivity contribution >= 4 is 22.8 Å². The summed E-state index contributed by atoms with van der Waals surface area (Å²) in [6.07, 6.45) is 9.31. The van der Waals surface area contributed by atoms with E-state index >= 15 is 0 Å². The molecule has 1 aliphatic rings. The molecule has 0 unspecified atom stereocenters. The third-order valence-corrected chi connectivity index (χ3v) is 5.74. The van der Waals surface area contributed by atoms with Crippen molar-refractivity contribution in [1.82, 2.24) is 24.9 Å². The van der Waals surface area contributed by atoms with Gasteiger partial charge < -0.3 is 15.4 Å². The van der Waals surface area contributed by atoms with Gasteiger partial charge in [0.25, 0.3) is 0 Å². The predicted octanol–water partition coefficient (Wildman–Crippen LogP) is 3.39. The fourth-order valence-electron chi connectivity index (χ4n) is 4.09. The lowest BCUT2D eigenvalue weighted by Gasteiger charge is -2.40. The number of halogens is 1. The predicted molar refractivity (Wildman–Crippen MR) is 101 cm³/mol. The number of carbonyl (C=O) groups is 1. The SMILES string of the molecule is CC[C@@]1(C(=O)O)CCCC[C@H]1Nc1nc(-c2c[nH]c3ncncc23)ncc1F. The Bertz CT molecular complexity index is 1020. The maximum absolute atomic E-state index is 14.5. The van der Waals surface area contributed by atoms with Gasteiger partial charge in [0.05, 0.1) is 11.6 Å². The second-order valence-corrected chi connectivity index (χ2v) is 7.14. The molecule has 0 spiro atoms. The lowest BCUT2D eigenvalue weighted by atomic mass is 9.68. The number of carboxylic acid groups (broad SMARTS) is 1. The zero-order valence-corrected chi connectivity index (χ0v) is 15.4. The van der Waals surface area contributed by atoms with E-state index < -0.39 is 23.2 Å². The van der Waals surface area contributed by atoms with Crippen molar-refractivity contribution in [3.8, 4) is 11.4 Å². The van der Waals surface area contributed by atoms with Crippen LogP contribution in [0.4, 0.5) is 10.2 Å². The van der Waals surface area contributed by atoms with E-state index in [9.17, 15) is 14.3 Å². The summed E-state index contributed by atoms with van der Waals surface area (Å²) in [5, 5.41) is 13.6. The third-order valence-electron chi connectivity index (χ3n) is 5.74. The average molecular weight is 384 g/mol. The highest BCUT2D eigenvalue weighted by Crippen LogP contribution is 2.41. The number of carboxylic acids is 1. The Morgan fingerprint density at radius 2 is 2.25 bits per heavy atom. The Kier molecular flexibility index (Phi) is 4.66. The van der Waals surface area contributed by atoms with E-state index in [2.05, 4.69) is 30.2 Å². The van der Waals surface area contributed by atoms with Crippen molar-refractivity contribution in [2.45, 2.75) is 45.1 Å². The number of H-pyrrole nitrogens is 1. The molecular weight excluding hydrogens is 363 g/mol. The van der Waals surface area contributed by atoms with Crippen LogP contribution in [0.5, 0.6) is 0 Å². The number of nitrogens with zero attached hydrogens (tertiary/aromatic N) is 4. The molecule has 1 aliphatic carbocycles. The Balaban J connectivity index is 1.70. The minimum Gasteiger partial charge on any atom is -0.481 e. The van der Waals surface area contributed by atoms with E-state index in [1.54, 1.807) is 12.4 Å². The van der Waals surface area contributed by atoms with Crippen LogP contribution in [-0.2, 0) is 4.79 Å². The first kappa shape index (κ1) is 18.3. The van der Waals surface area contributed by atoms with Crippen LogP contribution >= 0.6 is 0 Å². The van der Waals surface area contributed by atoms with Crippen LogP contribution in [0.2, 0.25) is 0 Å². The van der Waals surface area contributed by atoms with Gasteiger partial charge in [-0.1, -0.05) is 19.8 Å². The molecule has 1 saturated carbocycles. The lowest BCUT2D eigenvalue weighted by Crippen LogP contribution is -2.48. The number of aromatic amines is 1. The number of aromatic nitrogens is 5. The second-order valence-electron chi connectivity index (χ2n) is 7.14. The maximum atomic E-state index is 14.5. The molecule has 9 heteroatoms. The summed E-state index contributed by atoms with van der Waals surface area (Å²) in [5.74, 6) is -1.13. The molecular formula is C19H21FN6O2. The fourth-order valence-corrected chi connectivity index (χ4v) is 4.09. The van der Waals surface area contributed by atoms with E-state index in [1.807, 2.05) is 6.92 Å². The minimum atomic E-state index is -0.926. The van der Waals surface area contributed by atoms with Gasteiger partial charge in [-0.05, 0) is 19.3 Å². The minimum absolute atomic E-state index is 0.0159. The first-order valence-electron chi connectivity index (χ1n) is 9.35. The zero-order chi connectivity index (χ0) is 19.7. The molecule has 3 N–H and O–H groups in total. The zero-order valence-electron chi connectivity index (χ0n) is 15.4. The third kappa shape index (κ3) is 2.96. The highest BCUT2D eigenvalue weighted by atomic mass is 19.1. The van der Waals surface area contributed by atoms with Crippen LogP contribution in [0.1, 0.15) is 39.0 Å². The number of rotatable bonds is 5. The average Bonchev–Trinajstić information content (AvgIpc) is 3.14. The van der Waals surface area contributed by atoms with Gasteiger partial charge in [0.2, 0.25) is 0 Å². The molecule has 0 aromatic carbocycles. The molecule has 28 heavy (non-hydrogen) atoms. The Labute approximate surface area is 160 Å². The molecule has 3 heterocycles. The van der Waals surface area contributed by atoms with Crippen molar-refractivity contribution < 1.29 is 14.3 Å². The second kappa shape index (κ2) is 7.14. The van der Waals surface area contributed by atoms with Gasteiger partial charge in [-0.15, -0.1) is 0 Å². The molecule has 0 radical (unpaired) electrons. The standard InChI is InChI=1S/C19H21FN6O2/c1-2-19(18(27)28)6-4-3-5-14(19)25-17-13(20)9-23-16(26-17)12-8-22-15-11(12)7-21-10-24-15/h7-10,14H,2-6H2,1H3,(H,27,28)(H,21,22,24)(H,23,25,26)/t14-,19-/m1/s1. The van der Waals surface area contributed by atoms with Crippen molar-refractivity contribution in [3.63, 3.8) is 0 Å². The summed E-state index contributed by atoms with van der Waals surface area (Å²) >= 11 is 0. The normalized spacial score (nSPS) is 22.3. The molecule has 3 aromatic rings. The van der Waals surface area contributed by atoms with Crippen LogP contribution in [0.3, 0.4) is 0 Å².